The van der Waals surface area contributed by atoms with Crippen molar-refractivity contribution in [2.24, 2.45) is 0 Å². The number of rotatable bonds is 2. The van der Waals surface area contributed by atoms with Crippen LogP contribution in [-0.2, 0) is 6.54 Å². The van der Waals surface area contributed by atoms with Gasteiger partial charge < -0.3 is 5.11 Å². The maximum atomic E-state index is 8.45. The molecule has 0 aliphatic carbocycles. The highest BCUT2D eigenvalue weighted by Gasteiger charge is 1.90. The molecule has 0 aromatic carbocycles. The van der Waals surface area contributed by atoms with Crippen molar-refractivity contribution in [2.45, 2.75) is 6.54 Å². The predicted molar refractivity (Wildman–Crippen MR) is 37.0 cm³/mol. The molecule has 0 saturated heterocycles. The van der Waals surface area contributed by atoms with Crippen molar-refractivity contribution < 1.29 is 5.11 Å². The fraction of sp³-hybridized carbons (Fsp3) is 0.400. The van der Waals surface area contributed by atoms with Gasteiger partial charge in [-0.1, -0.05) is 0 Å². The second-order valence-electron chi connectivity index (χ2n) is 1.65. The van der Waals surface area contributed by atoms with Gasteiger partial charge in [0, 0.05) is 6.20 Å². The first-order chi connectivity index (χ1) is 4.33. The lowest BCUT2D eigenvalue weighted by Gasteiger charge is -1.92. The zero-order chi connectivity index (χ0) is 6.69. The van der Waals surface area contributed by atoms with Crippen molar-refractivity contribution in [2.75, 3.05) is 6.61 Å². The fourth-order valence-electron chi connectivity index (χ4n) is 0.563. The maximum absolute atomic E-state index is 8.45. The van der Waals surface area contributed by atoms with E-state index in [1.807, 2.05) is 6.20 Å². The number of nitrogens with zero attached hydrogens (tertiary/aromatic N) is 2. The molecule has 0 bridgehead atoms. The van der Waals surface area contributed by atoms with E-state index < -0.39 is 0 Å². The lowest BCUT2D eigenvalue weighted by Crippen LogP contribution is -2.01. The molecule has 0 saturated carbocycles. The monoisotopic (exact) mass is 190 g/mol. The van der Waals surface area contributed by atoms with Gasteiger partial charge in [-0.05, 0) is 15.9 Å². The highest BCUT2D eigenvalue weighted by Crippen LogP contribution is 2.05. The summed E-state index contributed by atoms with van der Waals surface area (Å²) in [5, 5.41) is 12.4. The molecule has 50 valence electrons. The van der Waals surface area contributed by atoms with E-state index >= 15 is 0 Å². The zero-order valence-electron chi connectivity index (χ0n) is 4.79. The molecule has 0 fully saturated rings. The number of halogens is 1. The van der Waals surface area contributed by atoms with E-state index in [0.717, 1.165) is 4.47 Å². The van der Waals surface area contributed by atoms with Crippen LogP contribution in [0, 0.1) is 0 Å². The summed E-state index contributed by atoms with van der Waals surface area (Å²) in [6.07, 6.45) is 3.51. The van der Waals surface area contributed by atoms with Crippen LogP contribution in [0.2, 0.25) is 0 Å². The Hall–Kier alpha value is -0.350. The fourth-order valence-corrected chi connectivity index (χ4v) is 0.891. The summed E-state index contributed by atoms with van der Waals surface area (Å²) in [6, 6.07) is 0. The van der Waals surface area contributed by atoms with Gasteiger partial charge in [0.2, 0.25) is 0 Å². The van der Waals surface area contributed by atoms with Crippen LogP contribution in [0.3, 0.4) is 0 Å². The van der Waals surface area contributed by atoms with E-state index in [1.54, 1.807) is 10.9 Å². The molecule has 1 aromatic heterocycles. The lowest BCUT2D eigenvalue weighted by molar-refractivity contribution is 0.269. The SMILES string of the molecule is OCCn1cc(Br)cn1. The number of hydrogen-bond acceptors (Lipinski definition) is 2. The van der Waals surface area contributed by atoms with E-state index in [-0.39, 0.29) is 6.61 Å². The molecule has 0 aliphatic heterocycles. The summed E-state index contributed by atoms with van der Waals surface area (Å²) in [5.41, 5.74) is 0. The average Bonchev–Trinajstić information content (AvgIpc) is 2.17. The van der Waals surface area contributed by atoms with Crippen molar-refractivity contribution in [1.29, 1.82) is 0 Å². The number of aliphatic hydroxyl groups is 1. The van der Waals surface area contributed by atoms with Gasteiger partial charge in [0.15, 0.2) is 0 Å². The third-order valence-corrected chi connectivity index (χ3v) is 1.34. The van der Waals surface area contributed by atoms with Gasteiger partial charge in [-0.25, -0.2) is 0 Å². The number of aliphatic hydroxyl groups excluding tert-OH is 1. The van der Waals surface area contributed by atoms with Gasteiger partial charge in [0.25, 0.3) is 0 Å². The molecule has 0 spiro atoms. The minimum absolute atomic E-state index is 0.133. The molecule has 0 amide bonds. The minimum atomic E-state index is 0.133. The first-order valence-electron chi connectivity index (χ1n) is 2.62. The average molecular weight is 191 g/mol. The summed E-state index contributed by atoms with van der Waals surface area (Å²) >= 11 is 3.24. The van der Waals surface area contributed by atoms with Crippen molar-refractivity contribution in [3.8, 4) is 0 Å². The predicted octanol–water partition coefficient (Wildman–Crippen LogP) is 0.638. The van der Waals surface area contributed by atoms with E-state index in [1.165, 1.54) is 0 Å². The van der Waals surface area contributed by atoms with Gasteiger partial charge in [-0.3, -0.25) is 4.68 Å². The Morgan fingerprint density at radius 3 is 3.00 bits per heavy atom. The quantitative estimate of drug-likeness (QED) is 0.744. The summed E-state index contributed by atoms with van der Waals surface area (Å²) in [7, 11) is 0. The van der Waals surface area contributed by atoms with Gasteiger partial charge >= 0.3 is 0 Å². The number of aromatic nitrogens is 2. The lowest BCUT2D eigenvalue weighted by atomic mass is 10.7. The largest absolute Gasteiger partial charge is 0.394 e. The van der Waals surface area contributed by atoms with Crippen LogP contribution in [0.15, 0.2) is 16.9 Å². The Balaban J connectivity index is 2.61. The van der Waals surface area contributed by atoms with Crippen molar-refractivity contribution in [1.82, 2.24) is 9.78 Å². The molecule has 3 nitrogen and oxygen atoms in total. The van der Waals surface area contributed by atoms with Crippen LogP contribution in [0.5, 0.6) is 0 Å². The Morgan fingerprint density at radius 1 is 1.78 bits per heavy atom. The van der Waals surface area contributed by atoms with Crippen LogP contribution >= 0.6 is 15.9 Å². The summed E-state index contributed by atoms with van der Waals surface area (Å²) in [5.74, 6) is 0. The molecule has 1 N–H and O–H groups in total. The van der Waals surface area contributed by atoms with Crippen molar-refractivity contribution >= 4 is 15.9 Å². The van der Waals surface area contributed by atoms with E-state index in [0.29, 0.717) is 6.54 Å². The van der Waals surface area contributed by atoms with Gasteiger partial charge in [0.1, 0.15) is 0 Å². The van der Waals surface area contributed by atoms with E-state index in [4.69, 9.17) is 5.11 Å². The molecule has 0 radical (unpaired) electrons. The summed E-state index contributed by atoms with van der Waals surface area (Å²) in [6.45, 7) is 0.694. The third kappa shape index (κ3) is 1.80. The molecule has 4 heteroatoms. The molecule has 1 rings (SSSR count). The molecule has 1 heterocycles. The molecular weight excluding hydrogens is 184 g/mol. The van der Waals surface area contributed by atoms with E-state index in [9.17, 15) is 0 Å². The molecule has 0 atom stereocenters. The Labute approximate surface area is 61.4 Å². The van der Waals surface area contributed by atoms with Gasteiger partial charge in [-0.2, -0.15) is 5.10 Å². The van der Waals surface area contributed by atoms with Crippen LogP contribution in [0.1, 0.15) is 0 Å². The molecule has 0 unspecified atom stereocenters. The van der Waals surface area contributed by atoms with E-state index in [2.05, 4.69) is 21.0 Å². The summed E-state index contributed by atoms with van der Waals surface area (Å²) in [4.78, 5) is 0. The molecule has 9 heavy (non-hydrogen) atoms. The third-order valence-electron chi connectivity index (χ3n) is 0.931. The van der Waals surface area contributed by atoms with Gasteiger partial charge in [-0.15, -0.1) is 0 Å². The summed E-state index contributed by atoms with van der Waals surface area (Å²) < 4.78 is 2.61. The second-order valence-corrected chi connectivity index (χ2v) is 2.56. The molecule has 0 aliphatic rings. The maximum Gasteiger partial charge on any atom is 0.0641 e. The first kappa shape index (κ1) is 6.77. The van der Waals surface area contributed by atoms with Crippen LogP contribution in [0.4, 0.5) is 0 Å². The van der Waals surface area contributed by atoms with Crippen molar-refractivity contribution in [3.63, 3.8) is 0 Å². The van der Waals surface area contributed by atoms with Gasteiger partial charge in [0.05, 0.1) is 23.8 Å². The highest BCUT2D eigenvalue weighted by molar-refractivity contribution is 9.10. The Morgan fingerprint density at radius 2 is 2.56 bits per heavy atom. The Bertz CT molecular complexity index is 187. The topological polar surface area (TPSA) is 38.0 Å². The van der Waals surface area contributed by atoms with Crippen LogP contribution in [-0.4, -0.2) is 21.5 Å². The standard InChI is InChI=1S/C5H7BrN2O/c6-5-3-7-8(4-5)1-2-9/h3-4,9H,1-2H2. The normalized spacial score (nSPS) is 10.0. The van der Waals surface area contributed by atoms with Crippen molar-refractivity contribution in [3.05, 3.63) is 16.9 Å². The second kappa shape index (κ2) is 2.98. The first-order valence-corrected chi connectivity index (χ1v) is 3.41. The smallest absolute Gasteiger partial charge is 0.0641 e. The van der Waals surface area contributed by atoms with Crippen LogP contribution in [0.25, 0.3) is 0 Å². The highest BCUT2D eigenvalue weighted by atomic mass is 79.9. The Kier molecular flexibility index (Phi) is 2.24. The number of hydrogen-bond donors (Lipinski definition) is 1. The van der Waals surface area contributed by atoms with Crippen LogP contribution < -0.4 is 0 Å². The molecule has 1 aromatic rings. The zero-order valence-corrected chi connectivity index (χ0v) is 6.37. The molecular formula is C5H7BrN2O. The minimum Gasteiger partial charge on any atom is -0.394 e.